The zero-order valence-electron chi connectivity index (χ0n) is 17.9. The average molecular weight is 442 g/mol. The van der Waals surface area contributed by atoms with E-state index >= 15 is 0 Å². The van der Waals surface area contributed by atoms with E-state index in [2.05, 4.69) is 20.4 Å². The second kappa shape index (κ2) is 8.18. The maximum absolute atomic E-state index is 13.1. The quantitative estimate of drug-likeness (QED) is 0.602. The first kappa shape index (κ1) is 20.4. The minimum Gasteiger partial charge on any atom is -0.344 e. The van der Waals surface area contributed by atoms with E-state index in [9.17, 15) is 9.59 Å². The molecule has 0 spiro atoms. The number of rotatable bonds is 7. The molecule has 0 saturated heterocycles. The topological polar surface area (TPSA) is 103 Å². The minimum absolute atomic E-state index is 0.0383. The van der Waals surface area contributed by atoms with Gasteiger partial charge in [-0.15, -0.1) is 11.3 Å². The molecule has 1 amide bonds. The Bertz CT molecular complexity index is 1170. The Balaban J connectivity index is 1.28. The van der Waals surface area contributed by atoms with E-state index in [0.29, 0.717) is 18.4 Å². The molecule has 3 aromatic heterocycles. The third-order valence-corrected chi connectivity index (χ3v) is 7.37. The van der Waals surface area contributed by atoms with Crippen molar-refractivity contribution in [3.05, 3.63) is 38.8 Å². The molecule has 3 heterocycles. The van der Waals surface area contributed by atoms with E-state index in [4.69, 9.17) is 4.52 Å². The first-order valence-corrected chi connectivity index (χ1v) is 12.0. The molecule has 0 aromatic carbocycles. The molecule has 3 aromatic rings. The molecule has 1 fully saturated rings. The van der Waals surface area contributed by atoms with Gasteiger partial charge in [-0.25, -0.2) is 4.98 Å². The van der Waals surface area contributed by atoms with Crippen LogP contribution in [-0.4, -0.2) is 25.6 Å². The number of thiophene rings is 1. The Kier molecular flexibility index (Phi) is 5.37. The fraction of sp³-hybridized carbons (Fsp3) is 0.591. The van der Waals surface area contributed by atoms with Crippen molar-refractivity contribution in [3.63, 3.8) is 0 Å². The molecule has 1 atom stereocenters. The highest BCUT2D eigenvalue weighted by atomic mass is 32.1. The molecule has 0 radical (unpaired) electrons. The Morgan fingerprint density at radius 2 is 2.13 bits per heavy atom. The molecular formula is C22H27N5O3S. The maximum atomic E-state index is 13.1. The Morgan fingerprint density at radius 1 is 1.32 bits per heavy atom. The van der Waals surface area contributed by atoms with Crippen molar-refractivity contribution in [2.24, 2.45) is 5.92 Å². The highest BCUT2D eigenvalue weighted by molar-refractivity contribution is 7.18. The van der Waals surface area contributed by atoms with Gasteiger partial charge in [0, 0.05) is 23.8 Å². The Hall–Kier alpha value is -2.55. The molecule has 1 saturated carbocycles. The minimum atomic E-state index is -0.339. The SMILES string of the molecule is CC(C)C(NC(=O)CCn1cnc2sc3c(c2c1=O)CCCC3)c1nc(C2CC2)no1. The van der Waals surface area contributed by atoms with Crippen LogP contribution in [-0.2, 0) is 24.2 Å². The van der Waals surface area contributed by atoms with Gasteiger partial charge in [0.25, 0.3) is 5.56 Å². The van der Waals surface area contributed by atoms with Crippen molar-refractivity contribution in [2.75, 3.05) is 0 Å². The number of carbonyl (C=O) groups excluding carboxylic acids is 1. The lowest BCUT2D eigenvalue weighted by Crippen LogP contribution is -2.33. The number of aromatic nitrogens is 4. The molecule has 1 unspecified atom stereocenters. The average Bonchev–Trinajstić information content (AvgIpc) is 3.36. The monoisotopic (exact) mass is 441 g/mol. The van der Waals surface area contributed by atoms with Crippen LogP contribution in [0.15, 0.2) is 15.6 Å². The summed E-state index contributed by atoms with van der Waals surface area (Å²) in [4.78, 5) is 36.9. The molecule has 1 N–H and O–H groups in total. The van der Waals surface area contributed by atoms with E-state index in [-0.39, 0.29) is 29.8 Å². The van der Waals surface area contributed by atoms with E-state index in [1.54, 1.807) is 22.2 Å². The molecule has 164 valence electrons. The normalized spacial score (nSPS) is 17.1. The molecule has 8 nitrogen and oxygen atoms in total. The number of hydrogen-bond acceptors (Lipinski definition) is 7. The van der Waals surface area contributed by atoms with Crippen molar-refractivity contribution >= 4 is 27.5 Å². The number of carbonyl (C=O) groups is 1. The summed E-state index contributed by atoms with van der Waals surface area (Å²) in [6, 6.07) is -0.339. The van der Waals surface area contributed by atoms with Gasteiger partial charge in [0.1, 0.15) is 10.9 Å². The van der Waals surface area contributed by atoms with Gasteiger partial charge in [-0.2, -0.15) is 4.98 Å². The maximum Gasteiger partial charge on any atom is 0.262 e. The summed E-state index contributed by atoms with van der Waals surface area (Å²) in [6.07, 6.45) is 8.22. The van der Waals surface area contributed by atoms with Crippen molar-refractivity contribution < 1.29 is 9.32 Å². The van der Waals surface area contributed by atoms with Crippen LogP contribution in [0.5, 0.6) is 0 Å². The standard InChI is InChI=1S/C22H27N5O3S/c1-12(2)18(20-25-19(26-30-20)13-7-8-13)24-16(28)9-10-27-11-23-21-17(22(27)29)14-5-3-4-6-15(14)31-21/h11-13,18H,3-10H2,1-2H3,(H,24,28). The predicted octanol–water partition coefficient (Wildman–Crippen LogP) is 3.50. The van der Waals surface area contributed by atoms with Gasteiger partial charge in [0.15, 0.2) is 5.82 Å². The second-order valence-corrected chi connectivity index (χ2v) is 10.0. The van der Waals surface area contributed by atoms with E-state index < -0.39 is 0 Å². The lowest BCUT2D eigenvalue weighted by molar-refractivity contribution is -0.122. The fourth-order valence-electron chi connectivity index (χ4n) is 4.20. The fourth-order valence-corrected chi connectivity index (χ4v) is 5.42. The zero-order valence-corrected chi connectivity index (χ0v) is 18.7. The lowest BCUT2D eigenvalue weighted by Gasteiger charge is -2.18. The van der Waals surface area contributed by atoms with Crippen molar-refractivity contribution in [1.82, 2.24) is 25.0 Å². The third-order valence-electron chi connectivity index (χ3n) is 6.17. The molecule has 5 rings (SSSR count). The molecule has 2 aliphatic rings. The number of fused-ring (bicyclic) bond motifs is 3. The Labute approximate surface area is 184 Å². The smallest absolute Gasteiger partial charge is 0.262 e. The van der Waals surface area contributed by atoms with Gasteiger partial charge in [0.05, 0.1) is 11.7 Å². The first-order valence-electron chi connectivity index (χ1n) is 11.1. The molecule has 31 heavy (non-hydrogen) atoms. The van der Waals surface area contributed by atoms with Crippen LogP contribution in [0.2, 0.25) is 0 Å². The van der Waals surface area contributed by atoms with Crippen LogP contribution in [0, 0.1) is 5.92 Å². The van der Waals surface area contributed by atoms with E-state index in [1.807, 2.05) is 13.8 Å². The largest absolute Gasteiger partial charge is 0.344 e. The summed E-state index contributed by atoms with van der Waals surface area (Å²) >= 11 is 1.64. The van der Waals surface area contributed by atoms with Crippen LogP contribution in [0.3, 0.4) is 0 Å². The summed E-state index contributed by atoms with van der Waals surface area (Å²) < 4.78 is 6.99. The van der Waals surface area contributed by atoms with Gasteiger partial charge in [0.2, 0.25) is 11.8 Å². The molecular weight excluding hydrogens is 414 g/mol. The highest BCUT2D eigenvalue weighted by Crippen LogP contribution is 2.38. The van der Waals surface area contributed by atoms with Crippen LogP contribution in [0.4, 0.5) is 0 Å². The highest BCUT2D eigenvalue weighted by Gasteiger charge is 2.31. The summed E-state index contributed by atoms with van der Waals surface area (Å²) in [5.74, 6) is 1.55. The Morgan fingerprint density at radius 3 is 2.90 bits per heavy atom. The summed E-state index contributed by atoms with van der Waals surface area (Å²) in [5.41, 5.74) is 1.13. The van der Waals surface area contributed by atoms with Crippen molar-refractivity contribution in [1.29, 1.82) is 0 Å². The van der Waals surface area contributed by atoms with Crippen molar-refractivity contribution in [3.8, 4) is 0 Å². The molecule has 0 bridgehead atoms. The lowest BCUT2D eigenvalue weighted by atomic mass is 9.97. The van der Waals surface area contributed by atoms with Gasteiger partial charge in [-0.1, -0.05) is 19.0 Å². The van der Waals surface area contributed by atoms with Gasteiger partial charge >= 0.3 is 0 Å². The number of nitrogens with zero attached hydrogens (tertiary/aromatic N) is 4. The first-order chi connectivity index (χ1) is 15.0. The molecule has 0 aliphatic heterocycles. The van der Waals surface area contributed by atoms with Gasteiger partial charge in [-0.3, -0.25) is 14.2 Å². The number of aryl methyl sites for hydroxylation is 3. The molecule has 2 aliphatic carbocycles. The number of hydrogen-bond donors (Lipinski definition) is 1. The summed E-state index contributed by atoms with van der Waals surface area (Å²) in [6.45, 7) is 4.31. The van der Waals surface area contributed by atoms with Gasteiger partial charge in [-0.05, 0) is 50.0 Å². The summed E-state index contributed by atoms with van der Waals surface area (Å²) in [5, 5.41) is 7.82. The van der Waals surface area contributed by atoms with Gasteiger partial charge < -0.3 is 9.84 Å². The number of amides is 1. The van der Waals surface area contributed by atoms with E-state index in [0.717, 1.165) is 48.1 Å². The summed E-state index contributed by atoms with van der Waals surface area (Å²) in [7, 11) is 0. The zero-order chi connectivity index (χ0) is 21.5. The number of nitrogens with one attached hydrogen (secondary N) is 1. The third kappa shape index (κ3) is 4.03. The van der Waals surface area contributed by atoms with Crippen molar-refractivity contribution in [2.45, 2.75) is 77.3 Å². The second-order valence-electron chi connectivity index (χ2n) is 8.94. The van der Waals surface area contributed by atoms with E-state index in [1.165, 1.54) is 16.9 Å². The van der Waals surface area contributed by atoms with Crippen LogP contribution in [0.25, 0.3) is 10.2 Å². The van der Waals surface area contributed by atoms with Crippen LogP contribution in [0.1, 0.15) is 80.1 Å². The van der Waals surface area contributed by atoms with Crippen LogP contribution >= 0.6 is 11.3 Å². The van der Waals surface area contributed by atoms with Crippen LogP contribution < -0.4 is 10.9 Å². The molecule has 9 heteroatoms. The predicted molar refractivity (Wildman–Crippen MR) is 117 cm³/mol.